The molecule has 0 saturated heterocycles. The Balaban J connectivity index is 2.44. The lowest BCUT2D eigenvalue weighted by Crippen LogP contribution is -2.35. The first kappa shape index (κ1) is 25.8. The molecule has 0 spiro atoms. The molecule has 0 bridgehead atoms. The third-order valence-corrected chi connectivity index (χ3v) is 5.85. The molecule has 1 aromatic heterocycles. The number of hydrogen-bond acceptors (Lipinski definition) is 8. The summed E-state index contributed by atoms with van der Waals surface area (Å²) in [6.45, 7) is 5.52. The lowest BCUT2D eigenvalue weighted by atomic mass is 9.93. The summed E-state index contributed by atoms with van der Waals surface area (Å²) in [4.78, 5) is 32.9. The van der Waals surface area contributed by atoms with E-state index in [0.717, 1.165) is 23.2 Å². The fraction of sp³-hybridized carbons (Fsp3) is 0.364. The van der Waals surface area contributed by atoms with E-state index >= 15 is 0 Å². The van der Waals surface area contributed by atoms with Gasteiger partial charge in [-0.25, -0.2) is 0 Å². The van der Waals surface area contributed by atoms with Crippen LogP contribution in [0.1, 0.15) is 38.2 Å². The van der Waals surface area contributed by atoms with Crippen LogP contribution in [-0.4, -0.2) is 40.7 Å². The predicted octanol–water partition coefficient (Wildman–Crippen LogP) is 4.04. The van der Waals surface area contributed by atoms with Gasteiger partial charge in [0.2, 0.25) is 0 Å². The highest BCUT2D eigenvalue weighted by Gasteiger charge is 2.27. The van der Waals surface area contributed by atoms with Gasteiger partial charge in [0.05, 0.1) is 13.7 Å². The van der Waals surface area contributed by atoms with Crippen LogP contribution in [0.15, 0.2) is 57.0 Å². The first-order valence-electron chi connectivity index (χ1n) is 10.2. The van der Waals surface area contributed by atoms with Gasteiger partial charge in [0.1, 0.15) is 16.6 Å². The fourth-order valence-electron chi connectivity index (χ4n) is 3.23. The molecule has 2 amide bonds. The van der Waals surface area contributed by atoms with Crippen molar-refractivity contribution >= 4 is 34.6 Å². The van der Waals surface area contributed by atoms with Crippen LogP contribution in [0.3, 0.4) is 0 Å². The normalized spacial score (nSPS) is 20.5. The zero-order chi connectivity index (χ0) is 24.5. The van der Waals surface area contributed by atoms with Gasteiger partial charge in [-0.05, 0) is 43.0 Å². The van der Waals surface area contributed by atoms with Crippen molar-refractivity contribution in [1.82, 2.24) is 9.62 Å². The molecule has 1 aromatic rings. The van der Waals surface area contributed by atoms with E-state index in [1.807, 2.05) is 32.1 Å². The second-order valence-electron chi connectivity index (χ2n) is 7.16. The van der Waals surface area contributed by atoms with Crippen molar-refractivity contribution in [2.45, 2.75) is 33.6 Å². The Kier molecular flexibility index (Phi) is 9.34. The number of amides is 2. The summed E-state index contributed by atoms with van der Waals surface area (Å²) in [5, 5.41) is 21.4. The van der Waals surface area contributed by atoms with Gasteiger partial charge in [-0.15, -0.1) is 4.91 Å². The monoisotopic (exact) mass is 473 g/mol. The van der Waals surface area contributed by atoms with Gasteiger partial charge in [0.25, 0.3) is 0 Å². The van der Waals surface area contributed by atoms with Crippen molar-refractivity contribution in [1.29, 1.82) is 10.8 Å². The van der Waals surface area contributed by atoms with Gasteiger partial charge in [0, 0.05) is 29.2 Å². The summed E-state index contributed by atoms with van der Waals surface area (Å²) in [7, 11) is 1.57. The Morgan fingerprint density at radius 2 is 2.09 bits per heavy atom. The second-order valence-corrected chi connectivity index (χ2v) is 8.20. The number of nitroso groups, excluding NO2 is 1. The molecule has 0 fully saturated rings. The van der Waals surface area contributed by atoms with Crippen molar-refractivity contribution in [2.75, 3.05) is 13.7 Å². The molecule has 10 nitrogen and oxygen atoms in total. The molecule has 2 rings (SSSR count). The van der Waals surface area contributed by atoms with Crippen LogP contribution in [0.4, 0.5) is 0 Å². The number of methoxy groups -OCH3 is 1. The zero-order valence-corrected chi connectivity index (χ0v) is 19.7. The maximum absolute atomic E-state index is 11.6. The van der Waals surface area contributed by atoms with Crippen molar-refractivity contribution in [3.05, 3.63) is 63.8 Å². The van der Waals surface area contributed by atoms with Crippen molar-refractivity contribution < 1.29 is 18.7 Å². The number of ether oxygens (including phenoxy) is 1. The van der Waals surface area contributed by atoms with Crippen LogP contribution in [0.2, 0.25) is 0 Å². The maximum atomic E-state index is 11.6. The molecule has 1 aliphatic rings. The largest absolute Gasteiger partial charge is 0.501 e. The molecule has 0 aliphatic heterocycles. The topological polar surface area (TPSA) is 149 Å². The number of rotatable bonds is 6. The molecule has 0 aromatic carbocycles. The van der Waals surface area contributed by atoms with Gasteiger partial charge in [-0.2, -0.15) is 0 Å². The molecule has 1 heterocycles. The molecule has 3 N–H and O–H groups in total. The second kappa shape index (κ2) is 12.0. The Morgan fingerprint density at radius 3 is 2.67 bits per heavy atom. The molecule has 176 valence electrons. The standard InChI is InChI=1S/C22H27N5O5S/c1-5-16-13(2)7-6-8-15(31-4)11-17(16)27(20(24)18-10-9-14(3)32-18)33-19(23)12-25-21(28)22(29)26-30/h6-10,13,23-24H,5,11-12H2,1-4H3,(H,25,28)/b7-6-,15-8+,17-16+,23-19?,24-20?. The number of hydrogen-bond donors (Lipinski definition) is 3. The number of aryl methyl sites for hydroxylation is 1. The Labute approximate surface area is 196 Å². The Morgan fingerprint density at radius 1 is 1.36 bits per heavy atom. The molecule has 1 atom stereocenters. The van der Waals surface area contributed by atoms with Gasteiger partial charge in [-0.3, -0.25) is 24.7 Å². The summed E-state index contributed by atoms with van der Waals surface area (Å²) in [5.74, 6) is -0.944. The summed E-state index contributed by atoms with van der Waals surface area (Å²) in [5.41, 5.74) is 1.81. The van der Waals surface area contributed by atoms with Crippen LogP contribution in [-0.2, 0) is 14.3 Å². The van der Waals surface area contributed by atoms with Crippen molar-refractivity contribution in [3.63, 3.8) is 0 Å². The van der Waals surface area contributed by atoms with Gasteiger partial charge < -0.3 is 14.5 Å². The lowest BCUT2D eigenvalue weighted by Gasteiger charge is -2.30. The SMILES string of the molecule is CC/C1=C(\N(SC(=N)CNC(=O)C(=O)N=O)C(=N)c2ccc(C)o2)C/C(OC)=C\C=C/C1C. The average Bonchev–Trinajstić information content (AvgIpc) is 3.23. The maximum Gasteiger partial charge on any atom is 0.373 e. The average molecular weight is 474 g/mol. The van der Waals surface area contributed by atoms with Crippen LogP contribution < -0.4 is 5.32 Å². The van der Waals surface area contributed by atoms with Gasteiger partial charge in [-0.1, -0.05) is 26.0 Å². The number of carbonyl (C=O) groups is 2. The van der Waals surface area contributed by atoms with Crippen LogP contribution >= 0.6 is 11.9 Å². The first-order valence-corrected chi connectivity index (χ1v) is 11.0. The highest BCUT2D eigenvalue weighted by molar-refractivity contribution is 8.12. The molecule has 33 heavy (non-hydrogen) atoms. The third-order valence-electron chi connectivity index (χ3n) is 4.90. The van der Waals surface area contributed by atoms with E-state index in [1.54, 1.807) is 30.5 Å². The van der Waals surface area contributed by atoms with Crippen LogP contribution in [0, 0.1) is 28.6 Å². The predicted molar refractivity (Wildman–Crippen MR) is 127 cm³/mol. The number of carbonyl (C=O) groups excluding carboxylic acids is 2. The van der Waals surface area contributed by atoms with Crippen molar-refractivity contribution in [3.8, 4) is 0 Å². The number of nitrogens with zero attached hydrogens (tertiary/aromatic N) is 2. The molecule has 1 aliphatic carbocycles. The minimum Gasteiger partial charge on any atom is -0.501 e. The summed E-state index contributed by atoms with van der Waals surface area (Å²) in [6.07, 6.45) is 6.89. The van der Waals surface area contributed by atoms with E-state index in [1.165, 1.54) is 0 Å². The number of nitrogens with one attached hydrogen (secondary N) is 3. The highest BCUT2D eigenvalue weighted by atomic mass is 32.2. The molecular weight excluding hydrogens is 446 g/mol. The van der Waals surface area contributed by atoms with Crippen LogP contribution in [0.5, 0.6) is 0 Å². The number of amidine groups is 1. The quantitative estimate of drug-likeness (QED) is 0.186. The molecule has 0 saturated carbocycles. The van der Waals surface area contributed by atoms with E-state index in [4.69, 9.17) is 20.0 Å². The molecule has 0 radical (unpaired) electrons. The Bertz CT molecular complexity index is 1040. The number of allylic oxidation sites excluding steroid dienone is 4. The van der Waals surface area contributed by atoms with E-state index in [2.05, 4.69) is 10.5 Å². The molecule has 11 heteroatoms. The van der Waals surface area contributed by atoms with Gasteiger partial charge in [0.15, 0.2) is 11.6 Å². The minimum atomic E-state index is -1.46. The third kappa shape index (κ3) is 6.75. The zero-order valence-electron chi connectivity index (χ0n) is 18.9. The fourth-order valence-corrected chi connectivity index (χ4v) is 4.06. The molecule has 1 unspecified atom stereocenters. The van der Waals surface area contributed by atoms with Crippen molar-refractivity contribution in [2.24, 2.45) is 11.1 Å². The van der Waals surface area contributed by atoms with E-state index in [-0.39, 0.29) is 23.3 Å². The van der Waals surface area contributed by atoms with Gasteiger partial charge >= 0.3 is 11.8 Å². The van der Waals surface area contributed by atoms with E-state index < -0.39 is 11.8 Å². The smallest absolute Gasteiger partial charge is 0.373 e. The first-order chi connectivity index (χ1) is 15.7. The Hall–Kier alpha value is -3.47. The van der Waals surface area contributed by atoms with Crippen LogP contribution in [0.25, 0.3) is 0 Å². The minimum absolute atomic E-state index is 0.0166. The molecular formula is C22H27N5O5S. The highest BCUT2D eigenvalue weighted by Crippen LogP contribution is 2.34. The van der Waals surface area contributed by atoms with E-state index in [9.17, 15) is 14.5 Å². The summed E-state index contributed by atoms with van der Waals surface area (Å²) < 4.78 is 12.7. The number of furan rings is 1. The summed E-state index contributed by atoms with van der Waals surface area (Å²) >= 11 is 0.907. The summed E-state index contributed by atoms with van der Waals surface area (Å²) in [6, 6.07) is 3.42. The van der Waals surface area contributed by atoms with E-state index in [0.29, 0.717) is 30.1 Å². The lowest BCUT2D eigenvalue weighted by molar-refractivity contribution is -0.137.